The second-order valence-electron chi connectivity index (χ2n) is 5.02. The molecule has 1 atom stereocenters. The third kappa shape index (κ3) is 5.29. The number of ether oxygens (including phenoxy) is 1. The summed E-state index contributed by atoms with van der Waals surface area (Å²) < 4.78 is 5.80. The fraction of sp³-hybridized carbons (Fsp3) is 0.533. The van der Waals surface area contributed by atoms with Gasteiger partial charge in [-0.1, -0.05) is 11.6 Å². The lowest BCUT2D eigenvalue weighted by Gasteiger charge is -2.15. The molecule has 110 valence electrons. The van der Waals surface area contributed by atoms with Gasteiger partial charge in [0.1, 0.15) is 11.9 Å². The molecule has 0 amide bonds. The Labute approximate surface area is 125 Å². The highest BCUT2D eigenvalue weighted by atomic mass is 35.5. The third-order valence-corrected chi connectivity index (χ3v) is 3.17. The molecular weight excluding hydrogens is 274 g/mol. The molecule has 20 heavy (non-hydrogen) atoms. The Morgan fingerprint density at radius 3 is 2.70 bits per heavy atom. The predicted molar refractivity (Wildman–Crippen MR) is 83.7 cm³/mol. The van der Waals surface area contributed by atoms with Crippen LogP contribution in [0.15, 0.2) is 29.3 Å². The summed E-state index contributed by atoms with van der Waals surface area (Å²) in [5, 5.41) is 7.34. The van der Waals surface area contributed by atoms with E-state index in [0.29, 0.717) is 17.6 Å². The van der Waals surface area contributed by atoms with Gasteiger partial charge in [0.2, 0.25) is 0 Å². The van der Waals surface area contributed by atoms with Gasteiger partial charge in [-0.25, -0.2) is 4.99 Å². The second-order valence-corrected chi connectivity index (χ2v) is 5.46. The zero-order valence-corrected chi connectivity index (χ0v) is 12.8. The van der Waals surface area contributed by atoms with Crippen LogP contribution in [0.25, 0.3) is 0 Å². The van der Waals surface area contributed by atoms with Crippen LogP contribution in [0.5, 0.6) is 5.75 Å². The van der Waals surface area contributed by atoms with Crippen molar-refractivity contribution in [3.8, 4) is 5.75 Å². The molecular formula is C15H22ClN3O. The van der Waals surface area contributed by atoms with E-state index in [1.165, 1.54) is 12.8 Å². The van der Waals surface area contributed by atoms with Crippen LogP contribution in [-0.4, -0.2) is 31.2 Å². The minimum atomic E-state index is 0.0193. The standard InChI is InChI=1S/C15H22ClN3O/c1-3-17-15(19-13-6-7-13)18-10-11(2)20-14-8-4-12(16)5-9-14/h4-5,8-9,11,13H,3,6-7,10H2,1-2H3,(H2,17,18,19). The molecule has 1 aromatic rings. The summed E-state index contributed by atoms with van der Waals surface area (Å²) in [5.74, 6) is 1.69. The van der Waals surface area contributed by atoms with Crippen LogP contribution < -0.4 is 15.4 Å². The minimum absolute atomic E-state index is 0.0193. The van der Waals surface area contributed by atoms with E-state index in [9.17, 15) is 0 Å². The zero-order chi connectivity index (χ0) is 14.4. The Bertz CT molecular complexity index is 443. The first kappa shape index (κ1) is 15.0. The van der Waals surface area contributed by atoms with Gasteiger partial charge in [0, 0.05) is 17.6 Å². The number of nitrogens with one attached hydrogen (secondary N) is 2. The van der Waals surface area contributed by atoms with Gasteiger partial charge in [-0.05, 0) is 51.0 Å². The van der Waals surface area contributed by atoms with E-state index in [-0.39, 0.29) is 6.10 Å². The molecule has 0 radical (unpaired) electrons. The summed E-state index contributed by atoms with van der Waals surface area (Å²) in [6.07, 6.45) is 2.49. The van der Waals surface area contributed by atoms with E-state index in [1.807, 2.05) is 31.2 Å². The number of rotatable bonds is 6. The second kappa shape index (κ2) is 7.39. The first-order valence-corrected chi connectivity index (χ1v) is 7.52. The molecule has 5 heteroatoms. The van der Waals surface area contributed by atoms with E-state index in [4.69, 9.17) is 16.3 Å². The van der Waals surface area contributed by atoms with Crippen molar-refractivity contribution in [1.29, 1.82) is 0 Å². The average Bonchev–Trinajstić information content (AvgIpc) is 3.23. The molecule has 4 nitrogen and oxygen atoms in total. The van der Waals surface area contributed by atoms with Gasteiger partial charge in [0.15, 0.2) is 5.96 Å². The molecule has 0 spiro atoms. The topological polar surface area (TPSA) is 45.7 Å². The van der Waals surface area contributed by atoms with Crippen LogP contribution >= 0.6 is 11.6 Å². The number of hydrogen-bond donors (Lipinski definition) is 2. The highest BCUT2D eigenvalue weighted by Gasteiger charge is 2.22. The Hall–Kier alpha value is -1.42. The molecule has 1 aliphatic rings. The van der Waals surface area contributed by atoms with Crippen LogP contribution in [0.1, 0.15) is 26.7 Å². The molecule has 1 unspecified atom stereocenters. The van der Waals surface area contributed by atoms with Crippen LogP contribution in [0.2, 0.25) is 5.02 Å². The summed E-state index contributed by atoms with van der Waals surface area (Å²) in [5.41, 5.74) is 0. The van der Waals surface area contributed by atoms with Gasteiger partial charge >= 0.3 is 0 Å². The lowest BCUT2D eigenvalue weighted by Crippen LogP contribution is -2.39. The van der Waals surface area contributed by atoms with Crippen molar-refractivity contribution < 1.29 is 4.74 Å². The fourth-order valence-electron chi connectivity index (χ4n) is 1.74. The molecule has 1 saturated carbocycles. The maximum absolute atomic E-state index is 5.85. The normalized spacial score (nSPS) is 16.6. The zero-order valence-electron chi connectivity index (χ0n) is 12.0. The van der Waals surface area contributed by atoms with Crippen molar-refractivity contribution >= 4 is 17.6 Å². The summed E-state index contributed by atoms with van der Waals surface area (Å²) >= 11 is 5.85. The van der Waals surface area contributed by atoms with Crippen LogP contribution in [0.4, 0.5) is 0 Å². The average molecular weight is 296 g/mol. The number of benzene rings is 1. The summed E-state index contributed by atoms with van der Waals surface area (Å²) in [4.78, 5) is 4.55. The van der Waals surface area contributed by atoms with E-state index in [2.05, 4.69) is 22.5 Å². The predicted octanol–water partition coefficient (Wildman–Crippen LogP) is 2.82. The molecule has 0 aliphatic heterocycles. The number of nitrogens with zero attached hydrogens (tertiary/aromatic N) is 1. The molecule has 2 N–H and O–H groups in total. The summed E-state index contributed by atoms with van der Waals surface area (Å²) in [6, 6.07) is 7.99. The van der Waals surface area contributed by atoms with Crippen molar-refractivity contribution in [3.63, 3.8) is 0 Å². The van der Waals surface area contributed by atoms with E-state index < -0.39 is 0 Å². The van der Waals surface area contributed by atoms with Gasteiger partial charge in [0.25, 0.3) is 0 Å². The molecule has 0 saturated heterocycles. The van der Waals surface area contributed by atoms with Crippen molar-refractivity contribution in [2.45, 2.75) is 38.8 Å². The van der Waals surface area contributed by atoms with Crippen LogP contribution in [-0.2, 0) is 0 Å². The SMILES string of the molecule is CCNC(=NCC(C)Oc1ccc(Cl)cc1)NC1CC1. The largest absolute Gasteiger partial charge is 0.489 e. The monoisotopic (exact) mass is 295 g/mol. The Kier molecular flexibility index (Phi) is 5.53. The third-order valence-electron chi connectivity index (χ3n) is 2.92. The van der Waals surface area contributed by atoms with Gasteiger partial charge in [-0.15, -0.1) is 0 Å². The lowest BCUT2D eigenvalue weighted by atomic mass is 10.3. The maximum Gasteiger partial charge on any atom is 0.191 e. The number of halogens is 1. The fourth-order valence-corrected chi connectivity index (χ4v) is 1.87. The number of aliphatic imine (C=N–C) groups is 1. The quantitative estimate of drug-likeness (QED) is 0.627. The minimum Gasteiger partial charge on any atom is -0.489 e. The smallest absolute Gasteiger partial charge is 0.191 e. The van der Waals surface area contributed by atoms with Gasteiger partial charge in [-0.3, -0.25) is 0 Å². The van der Waals surface area contributed by atoms with Crippen molar-refractivity contribution in [2.75, 3.05) is 13.1 Å². The van der Waals surface area contributed by atoms with Crippen molar-refractivity contribution in [2.24, 2.45) is 4.99 Å². The highest BCUT2D eigenvalue weighted by molar-refractivity contribution is 6.30. The van der Waals surface area contributed by atoms with Crippen LogP contribution in [0.3, 0.4) is 0 Å². The van der Waals surface area contributed by atoms with E-state index in [1.54, 1.807) is 0 Å². The first-order chi connectivity index (χ1) is 9.67. The summed E-state index contributed by atoms with van der Waals surface area (Å²) in [6.45, 7) is 5.56. The van der Waals surface area contributed by atoms with Crippen molar-refractivity contribution in [3.05, 3.63) is 29.3 Å². The Morgan fingerprint density at radius 2 is 2.10 bits per heavy atom. The Balaban J connectivity index is 1.82. The maximum atomic E-state index is 5.85. The molecule has 2 rings (SSSR count). The van der Waals surface area contributed by atoms with Crippen LogP contribution in [0, 0.1) is 0 Å². The molecule has 0 bridgehead atoms. The highest BCUT2D eigenvalue weighted by Crippen LogP contribution is 2.18. The lowest BCUT2D eigenvalue weighted by molar-refractivity contribution is 0.230. The first-order valence-electron chi connectivity index (χ1n) is 7.14. The number of hydrogen-bond acceptors (Lipinski definition) is 2. The molecule has 1 fully saturated rings. The number of guanidine groups is 1. The van der Waals surface area contributed by atoms with Gasteiger partial charge < -0.3 is 15.4 Å². The van der Waals surface area contributed by atoms with Gasteiger partial charge in [-0.2, -0.15) is 0 Å². The van der Waals surface area contributed by atoms with Crippen molar-refractivity contribution in [1.82, 2.24) is 10.6 Å². The molecule has 0 heterocycles. The molecule has 1 aliphatic carbocycles. The van der Waals surface area contributed by atoms with E-state index >= 15 is 0 Å². The summed E-state index contributed by atoms with van der Waals surface area (Å²) in [7, 11) is 0. The Morgan fingerprint density at radius 1 is 1.40 bits per heavy atom. The molecule has 0 aromatic heterocycles. The molecule has 1 aromatic carbocycles. The van der Waals surface area contributed by atoms with Gasteiger partial charge in [0.05, 0.1) is 6.54 Å². The van der Waals surface area contributed by atoms with E-state index in [0.717, 1.165) is 18.3 Å².